The lowest BCUT2D eigenvalue weighted by Crippen LogP contribution is -2.48. The largest absolute Gasteiger partial charge is 0.464 e. The maximum absolute atomic E-state index is 12.0. The van der Waals surface area contributed by atoms with Crippen molar-refractivity contribution in [3.05, 3.63) is 0 Å². The lowest BCUT2D eigenvalue weighted by atomic mass is 10.2. The Balaban J connectivity index is 4.20. The second-order valence-corrected chi connectivity index (χ2v) is 3.96. The zero-order valence-corrected chi connectivity index (χ0v) is 9.10. The van der Waals surface area contributed by atoms with Gasteiger partial charge >= 0.3 is 12.1 Å². The van der Waals surface area contributed by atoms with E-state index in [2.05, 4.69) is 4.74 Å². The molecular formula is C8H13ClF3NO2. The Morgan fingerprint density at radius 3 is 2.27 bits per heavy atom. The van der Waals surface area contributed by atoms with Crippen LogP contribution in [0, 0.1) is 5.92 Å². The van der Waals surface area contributed by atoms with Gasteiger partial charge in [0.2, 0.25) is 0 Å². The molecule has 0 rings (SSSR count). The molecule has 0 heterocycles. The fraction of sp³-hybridized carbons (Fsp3) is 0.875. The van der Waals surface area contributed by atoms with Crippen LogP contribution in [0.4, 0.5) is 13.2 Å². The minimum Gasteiger partial charge on any atom is -0.464 e. The van der Waals surface area contributed by atoms with Crippen molar-refractivity contribution in [1.82, 2.24) is 0 Å². The molecule has 3 nitrogen and oxygen atoms in total. The topological polar surface area (TPSA) is 52.3 Å². The molecule has 0 aromatic heterocycles. The van der Waals surface area contributed by atoms with Gasteiger partial charge in [-0.3, -0.25) is 4.79 Å². The van der Waals surface area contributed by atoms with E-state index in [1.54, 1.807) is 13.8 Å². The third-order valence-electron chi connectivity index (χ3n) is 1.48. The zero-order valence-electron chi connectivity index (χ0n) is 8.34. The van der Waals surface area contributed by atoms with Gasteiger partial charge in [0.1, 0.15) is 6.04 Å². The lowest BCUT2D eigenvalue weighted by molar-refractivity contribution is -0.163. The predicted molar refractivity (Wildman–Crippen MR) is 49.5 cm³/mol. The molecule has 90 valence electrons. The number of rotatable bonds is 4. The normalized spacial score (nSPS) is 16.3. The van der Waals surface area contributed by atoms with E-state index in [4.69, 9.17) is 17.3 Å². The number of carbonyl (C=O) groups excluding carboxylic acids is 1. The summed E-state index contributed by atoms with van der Waals surface area (Å²) in [4.78, 5) is 11.0. The van der Waals surface area contributed by atoms with E-state index < -0.39 is 23.6 Å². The number of hydrogen-bond acceptors (Lipinski definition) is 3. The van der Waals surface area contributed by atoms with E-state index in [1.165, 1.54) is 0 Å². The summed E-state index contributed by atoms with van der Waals surface area (Å²) < 4.78 is 40.7. The van der Waals surface area contributed by atoms with Crippen LogP contribution in [0.2, 0.25) is 0 Å². The Bertz CT molecular complexity index is 220. The Labute approximate surface area is 90.7 Å². The van der Waals surface area contributed by atoms with Crippen molar-refractivity contribution in [3.8, 4) is 0 Å². The van der Waals surface area contributed by atoms with Gasteiger partial charge in [-0.05, 0) is 5.92 Å². The first kappa shape index (κ1) is 14.5. The fourth-order valence-electron chi connectivity index (χ4n) is 0.641. The number of carbonyl (C=O) groups is 1. The van der Waals surface area contributed by atoms with E-state index in [0.717, 1.165) is 0 Å². The van der Waals surface area contributed by atoms with E-state index in [9.17, 15) is 18.0 Å². The molecule has 0 unspecified atom stereocenters. The minimum absolute atomic E-state index is 0.0205. The summed E-state index contributed by atoms with van der Waals surface area (Å²) in [6, 6.07) is -2.40. The third kappa shape index (κ3) is 5.22. The summed E-state index contributed by atoms with van der Waals surface area (Å²) in [5.41, 5.74) is 4.74. The van der Waals surface area contributed by atoms with Gasteiger partial charge in [0.15, 0.2) is 5.38 Å². The summed E-state index contributed by atoms with van der Waals surface area (Å²) in [7, 11) is 0. The molecule has 2 atom stereocenters. The van der Waals surface area contributed by atoms with Gasteiger partial charge in [-0.25, -0.2) is 0 Å². The second kappa shape index (κ2) is 5.55. The summed E-state index contributed by atoms with van der Waals surface area (Å²) in [6.07, 6.45) is -4.71. The van der Waals surface area contributed by atoms with Crippen LogP contribution in [0.3, 0.4) is 0 Å². The van der Waals surface area contributed by atoms with Crippen LogP contribution in [0.25, 0.3) is 0 Å². The molecule has 0 saturated heterocycles. The van der Waals surface area contributed by atoms with Gasteiger partial charge in [-0.15, -0.1) is 11.6 Å². The molecule has 0 aliphatic heterocycles. The van der Waals surface area contributed by atoms with Crippen LogP contribution >= 0.6 is 11.6 Å². The second-order valence-electron chi connectivity index (χ2n) is 3.49. The van der Waals surface area contributed by atoms with E-state index in [1.807, 2.05) is 0 Å². The lowest BCUT2D eigenvalue weighted by Gasteiger charge is -2.19. The molecule has 2 N–H and O–H groups in total. The molecule has 0 saturated carbocycles. The highest BCUT2D eigenvalue weighted by molar-refractivity contribution is 6.30. The third-order valence-corrected chi connectivity index (χ3v) is 1.93. The molecule has 0 bridgehead atoms. The molecular weight excluding hydrogens is 235 g/mol. The van der Waals surface area contributed by atoms with Gasteiger partial charge in [0.25, 0.3) is 0 Å². The number of ether oxygens (including phenoxy) is 1. The predicted octanol–water partition coefficient (Wildman–Crippen LogP) is 1.68. The SMILES string of the molecule is CC(C)COC(=O)[C@@H](Cl)[C@@H](N)C(F)(F)F. The number of halogens is 4. The first-order valence-corrected chi connectivity index (χ1v) is 4.73. The van der Waals surface area contributed by atoms with Crippen molar-refractivity contribution < 1.29 is 22.7 Å². The Morgan fingerprint density at radius 1 is 1.47 bits per heavy atom. The molecule has 15 heavy (non-hydrogen) atoms. The summed E-state index contributed by atoms with van der Waals surface area (Å²) >= 11 is 5.23. The van der Waals surface area contributed by atoms with Crippen molar-refractivity contribution in [2.24, 2.45) is 11.7 Å². The molecule has 0 aliphatic carbocycles. The monoisotopic (exact) mass is 247 g/mol. The average Bonchev–Trinajstić information content (AvgIpc) is 2.10. The standard InChI is InChI=1S/C8H13ClF3NO2/c1-4(2)3-15-7(14)5(9)6(13)8(10,11)12/h4-6H,3,13H2,1-2H3/t5-,6+/m0/s1. The highest BCUT2D eigenvalue weighted by Crippen LogP contribution is 2.24. The molecule has 0 aromatic carbocycles. The summed E-state index contributed by atoms with van der Waals surface area (Å²) in [5.74, 6) is -1.12. The smallest absolute Gasteiger partial charge is 0.405 e. The molecule has 0 aromatic rings. The van der Waals surface area contributed by atoms with Crippen molar-refractivity contribution in [2.75, 3.05) is 6.61 Å². The van der Waals surface area contributed by atoms with Crippen LogP contribution in [0.5, 0.6) is 0 Å². The molecule has 0 amide bonds. The van der Waals surface area contributed by atoms with Crippen LogP contribution in [-0.4, -0.2) is 30.2 Å². The van der Waals surface area contributed by atoms with Gasteiger partial charge in [-0.1, -0.05) is 13.8 Å². The van der Waals surface area contributed by atoms with Gasteiger partial charge < -0.3 is 10.5 Å². The van der Waals surface area contributed by atoms with Crippen LogP contribution in [0.15, 0.2) is 0 Å². The fourth-order valence-corrected chi connectivity index (χ4v) is 0.847. The van der Waals surface area contributed by atoms with Crippen LogP contribution in [0.1, 0.15) is 13.8 Å². The number of alkyl halides is 4. The first-order chi connectivity index (χ1) is 6.66. The molecule has 0 aliphatic rings. The van der Waals surface area contributed by atoms with Gasteiger partial charge in [-0.2, -0.15) is 13.2 Å². The molecule has 0 fully saturated rings. The van der Waals surface area contributed by atoms with Crippen molar-refractivity contribution in [3.63, 3.8) is 0 Å². The zero-order chi connectivity index (χ0) is 12.2. The molecule has 0 spiro atoms. The van der Waals surface area contributed by atoms with Gasteiger partial charge in [0, 0.05) is 0 Å². The first-order valence-electron chi connectivity index (χ1n) is 4.29. The maximum Gasteiger partial charge on any atom is 0.405 e. The highest BCUT2D eigenvalue weighted by atomic mass is 35.5. The van der Waals surface area contributed by atoms with E-state index in [0.29, 0.717) is 0 Å². The van der Waals surface area contributed by atoms with E-state index in [-0.39, 0.29) is 12.5 Å². The number of hydrogen-bond donors (Lipinski definition) is 1. The minimum atomic E-state index is -4.71. The average molecular weight is 248 g/mol. The molecule has 7 heteroatoms. The van der Waals surface area contributed by atoms with Crippen molar-refractivity contribution >= 4 is 17.6 Å². The van der Waals surface area contributed by atoms with E-state index >= 15 is 0 Å². The Kier molecular flexibility index (Phi) is 5.37. The van der Waals surface area contributed by atoms with Crippen molar-refractivity contribution in [2.45, 2.75) is 31.4 Å². The Hall–Kier alpha value is -0.490. The summed E-state index contributed by atoms with van der Waals surface area (Å²) in [6.45, 7) is 3.52. The quantitative estimate of drug-likeness (QED) is 0.608. The number of nitrogens with two attached hydrogens (primary N) is 1. The van der Waals surface area contributed by atoms with Crippen molar-refractivity contribution in [1.29, 1.82) is 0 Å². The number of esters is 1. The van der Waals surface area contributed by atoms with Crippen LogP contribution < -0.4 is 5.73 Å². The Morgan fingerprint density at radius 2 is 1.93 bits per heavy atom. The summed E-state index contributed by atoms with van der Waals surface area (Å²) in [5, 5.41) is -1.90. The highest BCUT2D eigenvalue weighted by Gasteiger charge is 2.45. The maximum atomic E-state index is 12.0. The molecule has 0 radical (unpaired) electrons. The van der Waals surface area contributed by atoms with Gasteiger partial charge in [0.05, 0.1) is 6.61 Å². The van der Waals surface area contributed by atoms with Crippen LogP contribution in [-0.2, 0) is 9.53 Å².